The van der Waals surface area contributed by atoms with Gasteiger partial charge < -0.3 is 24.6 Å². The molecule has 154 valence electrons. The lowest BCUT2D eigenvalue weighted by Crippen LogP contribution is -2.34. The molecule has 0 spiro atoms. The Morgan fingerprint density at radius 1 is 1.07 bits per heavy atom. The molecule has 0 aliphatic rings. The molecule has 0 bridgehead atoms. The van der Waals surface area contributed by atoms with E-state index < -0.39 is 11.8 Å². The van der Waals surface area contributed by atoms with E-state index in [2.05, 4.69) is 15.8 Å². The Bertz CT molecular complexity index is 901. The zero-order valence-corrected chi connectivity index (χ0v) is 16.6. The highest BCUT2D eigenvalue weighted by Gasteiger charge is 2.17. The molecule has 9 heteroatoms. The van der Waals surface area contributed by atoms with Crippen LogP contribution in [-0.4, -0.2) is 51.0 Å². The van der Waals surface area contributed by atoms with Crippen LogP contribution < -0.4 is 25.0 Å². The number of carbonyl (C=O) groups excluding carboxylic acids is 2. The van der Waals surface area contributed by atoms with Crippen LogP contribution in [0.15, 0.2) is 35.4 Å². The number of carbonyl (C=O) groups is 2. The van der Waals surface area contributed by atoms with E-state index >= 15 is 0 Å². The quantitative estimate of drug-likeness (QED) is 0.457. The van der Waals surface area contributed by atoms with Gasteiger partial charge in [0.2, 0.25) is 5.75 Å². The summed E-state index contributed by atoms with van der Waals surface area (Å²) in [4.78, 5) is 24.2. The molecule has 2 rings (SSSR count). The molecule has 3 N–H and O–H groups in total. The summed E-state index contributed by atoms with van der Waals surface area (Å²) in [5, 5.41) is 16.0. The zero-order valence-electron chi connectivity index (χ0n) is 16.6. The Morgan fingerprint density at radius 3 is 2.28 bits per heavy atom. The van der Waals surface area contributed by atoms with E-state index in [9.17, 15) is 14.7 Å². The molecule has 0 atom stereocenters. The molecule has 0 saturated heterocycles. The van der Waals surface area contributed by atoms with Crippen molar-refractivity contribution in [3.63, 3.8) is 0 Å². The van der Waals surface area contributed by atoms with Gasteiger partial charge in [0.05, 0.1) is 34.1 Å². The monoisotopic (exact) mass is 401 g/mol. The van der Waals surface area contributed by atoms with Gasteiger partial charge in [0, 0.05) is 11.1 Å². The van der Waals surface area contributed by atoms with E-state index in [1.54, 1.807) is 18.2 Å². The summed E-state index contributed by atoms with van der Waals surface area (Å²) in [6, 6.07) is 8.02. The van der Waals surface area contributed by atoms with Crippen molar-refractivity contribution in [3.05, 3.63) is 47.0 Å². The standard InChI is InChI=1S/C20H23N3O6/c1-12-5-6-13(15(24)7-12)10-22-23-18(25)11-21-20(26)14-8-16(27-2)19(29-4)17(9-14)28-3/h5-10,24H,11H2,1-4H3,(H,21,26)(H,23,25)/b22-10+. The Balaban J connectivity index is 1.96. The van der Waals surface area contributed by atoms with E-state index in [0.29, 0.717) is 22.8 Å². The molecule has 2 amide bonds. The minimum atomic E-state index is -0.534. The second-order valence-corrected chi connectivity index (χ2v) is 5.95. The van der Waals surface area contributed by atoms with Gasteiger partial charge >= 0.3 is 0 Å². The minimum Gasteiger partial charge on any atom is -0.507 e. The van der Waals surface area contributed by atoms with Crippen molar-refractivity contribution in [2.75, 3.05) is 27.9 Å². The Labute approximate surface area is 168 Å². The molecule has 0 saturated carbocycles. The van der Waals surface area contributed by atoms with Gasteiger partial charge in [0.1, 0.15) is 5.75 Å². The first-order valence-corrected chi connectivity index (χ1v) is 8.59. The maximum absolute atomic E-state index is 12.3. The molecule has 0 aliphatic heterocycles. The average molecular weight is 401 g/mol. The van der Waals surface area contributed by atoms with Crippen LogP contribution >= 0.6 is 0 Å². The first kappa shape index (κ1) is 21.5. The van der Waals surface area contributed by atoms with Crippen molar-refractivity contribution in [1.82, 2.24) is 10.7 Å². The number of amides is 2. The Hall–Kier alpha value is -3.75. The third-order valence-electron chi connectivity index (χ3n) is 3.92. The normalized spacial score (nSPS) is 10.5. The van der Waals surface area contributed by atoms with Gasteiger partial charge in [-0.15, -0.1) is 0 Å². The number of hydrogen-bond acceptors (Lipinski definition) is 7. The molecular weight excluding hydrogens is 378 g/mol. The highest BCUT2D eigenvalue weighted by molar-refractivity contribution is 5.97. The van der Waals surface area contributed by atoms with Crippen molar-refractivity contribution in [2.24, 2.45) is 5.10 Å². The number of ether oxygens (including phenoxy) is 3. The van der Waals surface area contributed by atoms with E-state index in [4.69, 9.17) is 14.2 Å². The van der Waals surface area contributed by atoms with Crippen molar-refractivity contribution >= 4 is 18.0 Å². The third kappa shape index (κ3) is 5.61. The van der Waals surface area contributed by atoms with Gasteiger partial charge in [-0.05, 0) is 36.8 Å². The van der Waals surface area contributed by atoms with E-state index in [0.717, 1.165) is 5.56 Å². The van der Waals surface area contributed by atoms with Crippen LogP contribution in [0.5, 0.6) is 23.0 Å². The van der Waals surface area contributed by atoms with E-state index in [-0.39, 0.29) is 17.9 Å². The number of aromatic hydroxyl groups is 1. The molecule has 0 fully saturated rings. The van der Waals surface area contributed by atoms with Gasteiger partial charge in [0.25, 0.3) is 11.8 Å². The lowest BCUT2D eigenvalue weighted by molar-refractivity contribution is -0.120. The number of phenolic OH excluding ortho intramolecular Hbond substituents is 1. The maximum atomic E-state index is 12.3. The Kier molecular flexibility index (Phi) is 7.41. The molecule has 9 nitrogen and oxygen atoms in total. The average Bonchev–Trinajstić information content (AvgIpc) is 2.72. The summed E-state index contributed by atoms with van der Waals surface area (Å²) in [6.07, 6.45) is 1.31. The van der Waals surface area contributed by atoms with Crippen LogP contribution in [0.4, 0.5) is 0 Å². The van der Waals surface area contributed by atoms with Crippen LogP contribution in [0, 0.1) is 6.92 Å². The number of phenols is 1. The van der Waals surface area contributed by atoms with Gasteiger partial charge in [0.15, 0.2) is 11.5 Å². The molecule has 0 aliphatic carbocycles. The van der Waals surface area contributed by atoms with Crippen LogP contribution in [0.3, 0.4) is 0 Å². The van der Waals surface area contributed by atoms with Gasteiger partial charge in [-0.1, -0.05) is 6.07 Å². The molecule has 0 heterocycles. The molecule has 29 heavy (non-hydrogen) atoms. The van der Waals surface area contributed by atoms with Crippen molar-refractivity contribution in [1.29, 1.82) is 0 Å². The number of aryl methyl sites for hydroxylation is 1. The lowest BCUT2D eigenvalue weighted by atomic mass is 10.1. The fourth-order valence-corrected chi connectivity index (χ4v) is 2.45. The highest BCUT2D eigenvalue weighted by Crippen LogP contribution is 2.38. The highest BCUT2D eigenvalue weighted by atomic mass is 16.5. The topological polar surface area (TPSA) is 118 Å². The number of nitrogens with zero attached hydrogens (tertiary/aromatic N) is 1. The number of nitrogens with one attached hydrogen (secondary N) is 2. The lowest BCUT2D eigenvalue weighted by Gasteiger charge is -2.14. The Morgan fingerprint density at radius 2 is 1.72 bits per heavy atom. The fraction of sp³-hybridized carbons (Fsp3) is 0.250. The summed E-state index contributed by atoms with van der Waals surface area (Å²) in [6.45, 7) is 1.55. The van der Waals surface area contributed by atoms with Crippen LogP contribution in [0.2, 0.25) is 0 Å². The molecule has 0 aromatic heterocycles. The first-order chi connectivity index (χ1) is 13.9. The van der Waals surface area contributed by atoms with Crippen LogP contribution in [0.25, 0.3) is 0 Å². The summed E-state index contributed by atoms with van der Waals surface area (Å²) in [5.74, 6) is 0.0257. The predicted octanol–water partition coefficient (Wildman–Crippen LogP) is 1.61. The predicted molar refractivity (Wildman–Crippen MR) is 107 cm³/mol. The number of rotatable bonds is 8. The molecule has 2 aromatic carbocycles. The molecule has 0 unspecified atom stereocenters. The summed E-state index contributed by atoms with van der Waals surface area (Å²) in [5.41, 5.74) is 3.87. The minimum absolute atomic E-state index is 0.0544. The van der Waals surface area contributed by atoms with Gasteiger partial charge in [-0.2, -0.15) is 5.10 Å². The summed E-state index contributed by atoms with van der Waals surface area (Å²) < 4.78 is 15.6. The summed E-state index contributed by atoms with van der Waals surface area (Å²) >= 11 is 0. The fourth-order valence-electron chi connectivity index (χ4n) is 2.45. The summed E-state index contributed by atoms with van der Waals surface area (Å²) in [7, 11) is 4.34. The second-order valence-electron chi connectivity index (χ2n) is 5.95. The number of hydrogen-bond donors (Lipinski definition) is 3. The van der Waals surface area contributed by atoms with Crippen molar-refractivity contribution in [3.8, 4) is 23.0 Å². The van der Waals surface area contributed by atoms with Crippen molar-refractivity contribution in [2.45, 2.75) is 6.92 Å². The first-order valence-electron chi connectivity index (χ1n) is 8.59. The number of hydrazone groups is 1. The molecule has 2 aromatic rings. The number of benzene rings is 2. The SMILES string of the molecule is COc1cc(C(=O)NCC(=O)N/N=C/c2ccc(C)cc2O)cc(OC)c1OC. The van der Waals surface area contributed by atoms with E-state index in [1.807, 2.05) is 6.92 Å². The maximum Gasteiger partial charge on any atom is 0.259 e. The third-order valence-corrected chi connectivity index (χ3v) is 3.92. The van der Waals surface area contributed by atoms with Gasteiger partial charge in [-0.25, -0.2) is 5.43 Å². The van der Waals surface area contributed by atoms with E-state index in [1.165, 1.54) is 39.7 Å². The van der Waals surface area contributed by atoms with Crippen molar-refractivity contribution < 1.29 is 28.9 Å². The smallest absolute Gasteiger partial charge is 0.259 e. The van der Waals surface area contributed by atoms with Crippen LogP contribution in [0.1, 0.15) is 21.5 Å². The molecule has 0 radical (unpaired) electrons. The molecular formula is C20H23N3O6. The number of methoxy groups -OCH3 is 3. The van der Waals surface area contributed by atoms with Gasteiger partial charge in [-0.3, -0.25) is 9.59 Å². The second kappa shape index (κ2) is 9.98. The largest absolute Gasteiger partial charge is 0.507 e. The zero-order chi connectivity index (χ0) is 21.4. The van der Waals surface area contributed by atoms with Crippen LogP contribution in [-0.2, 0) is 4.79 Å².